The van der Waals surface area contributed by atoms with Crippen LogP contribution in [0.5, 0.6) is 0 Å². The Morgan fingerprint density at radius 3 is 2.74 bits per heavy atom. The summed E-state index contributed by atoms with van der Waals surface area (Å²) < 4.78 is 0. The highest BCUT2D eigenvalue weighted by Gasteiger charge is 2.14. The van der Waals surface area contributed by atoms with Crippen molar-refractivity contribution in [3.05, 3.63) is 23.9 Å². The van der Waals surface area contributed by atoms with Crippen LogP contribution in [0.3, 0.4) is 0 Å². The van der Waals surface area contributed by atoms with Crippen molar-refractivity contribution in [2.75, 3.05) is 11.9 Å². The van der Waals surface area contributed by atoms with Crippen LogP contribution in [0.1, 0.15) is 38.7 Å². The van der Waals surface area contributed by atoms with E-state index in [4.69, 9.17) is 5.73 Å². The topological polar surface area (TPSA) is 68.0 Å². The molecule has 1 aromatic heterocycles. The molecular formula is C15H25N3O. The van der Waals surface area contributed by atoms with E-state index in [0.29, 0.717) is 30.6 Å². The molecule has 0 aliphatic rings. The first-order chi connectivity index (χ1) is 9.02. The molecule has 1 unspecified atom stereocenters. The third-order valence-corrected chi connectivity index (χ3v) is 3.41. The molecule has 0 aromatic carbocycles. The second-order valence-electron chi connectivity index (χ2n) is 5.39. The second-order valence-corrected chi connectivity index (χ2v) is 5.39. The van der Waals surface area contributed by atoms with Crippen molar-refractivity contribution in [2.24, 2.45) is 17.6 Å². The van der Waals surface area contributed by atoms with E-state index in [0.717, 1.165) is 18.4 Å². The Morgan fingerprint density at radius 1 is 1.42 bits per heavy atom. The van der Waals surface area contributed by atoms with E-state index < -0.39 is 0 Å². The van der Waals surface area contributed by atoms with Crippen LogP contribution in [0.15, 0.2) is 18.3 Å². The molecule has 0 bridgehead atoms. The van der Waals surface area contributed by atoms with Gasteiger partial charge in [-0.05, 0) is 55.8 Å². The van der Waals surface area contributed by atoms with Crippen LogP contribution in [0.2, 0.25) is 0 Å². The quantitative estimate of drug-likeness (QED) is 0.794. The first-order valence-corrected chi connectivity index (χ1v) is 6.95. The van der Waals surface area contributed by atoms with Crippen molar-refractivity contribution < 1.29 is 4.79 Å². The number of nitrogens with zero attached hydrogens (tertiary/aromatic N) is 1. The van der Waals surface area contributed by atoms with E-state index >= 15 is 0 Å². The normalized spacial score (nSPS) is 12.5. The monoisotopic (exact) mass is 263 g/mol. The van der Waals surface area contributed by atoms with E-state index in [1.54, 1.807) is 6.20 Å². The highest BCUT2D eigenvalue weighted by Crippen LogP contribution is 2.20. The van der Waals surface area contributed by atoms with Crippen LogP contribution < -0.4 is 11.1 Å². The molecular weight excluding hydrogens is 238 g/mol. The first kappa shape index (κ1) is 15.6. The van der Waals surface area contributed by atoms with Crippen molar-refractivity contribution in [2.45, 2.75) is 40.0 Å². The van der Waals surface area contributed by atoms with Gasteiger partial charge in [0.25, 0.3) is 0 Å². The molecule has 1 atom stereocenters. The van der Waals surface area contributed by atoms with Crippen LogP contribution in [0, 0.1) is 18.8 Å². The van der Waals surface area contributed by atoms with Crippen LogP contribution in [-0.2, 0) is 4.79 Å². The number of carbonyl (C=O) groups is 1. The van der Waals surface area contributed by atoms with Gasteiger partial charge in [0, 0.05) is 12.6 Å². The molecule has 3 N–H and O–H groups in total. The summed E-state index contributed by atoms with van der Waals surface area (Å²) in [6.45, 7) is 7.03. The smallest absolute Gasteiger partial charge is 0.225 e. The maximum absolute atomic E-state index is 11.9. The largest absolute Gasteiger partial charge is 0.330 e. The zero-order valence-corrected chi connectivity index (χ0v) is 12.1. The summed E-state index contributed by atoms with van der Waals surface area (Å²) in [7, 11) is 0. The fourth-order valence-corrected chi connectivity index (χ4v) is 2.15. The Hall–Kier alpha value is -1.42. The average molecular weight is 263 g/mol. The summed E-state index contributed by atoms with van der Waals surface area (Å²) >= 11 is 0. The Labute approximate surface area is 115 Å². The number of aryl methyl sites for hydroxylation is 1. The van der Waals surface area contributed by atoms with E-state index in [2.05, 4.69) is 24.1 Å². The standard InChI is InChI=1S/C15H25N3O/c1-11(2)13(6-8-16)4-5-15(19)18-14-10-12(3)7-9-17-14/h7,9-11,13H,4-6,8,16H2,1-3H3,(H,17,18,19). The molecule has 0 spiro atoms. The van der Waals surface area contributed by atoms with E-state index in [-0.39, 0.29) is 5.91 Å². The zero-order chi connectivity index (χ0) is 14.3. The molecule has 1 heterocycles. The number of hydrogen-bond acceptors (Lipinski definition) is 3. The number of nitrogens with two attached hydrogens (primary N) is 1. The number of pyridine rings is 1. The molecule has 4 nitrogen and oxygen atoms in total. The van der Waals surface area contributed by atoms with Gasteiger partial charge in [-0.25, -0.2) is 4.98 Å². The molecule has 4 heteroatoms. The van der Waals surface area contributed by atoms with Gasteiger partial charge < -0.3 is 11.1 Å². The van der Waals surface area contributed by atoms with E-state index in [1.807, 2.05) is 19.1 Å². The highest BCUT2D eigenvalue weighted by atomic mass is 16.1. The first-order valence-electron chi connectivity index (χ1n) is 6.95. The van der Waals surface area contributed by atoms with Gasteiger partial charge in [-0.15, -0.1) is 0 Å². The van der Waals surface area contributed by atoms with Crippen molar-refractivity contribution in [1.29, 1.82) is 0 Å². The number of rotatable bonds is 7. The molecule has 0 radical (unpaired) electrons. The van der Waals surface area contributed by atoms with Gasteiger partial charge in [-0.1, -0.05) is 13.8 Å². The summed E-state index contributed by atoms with van der Waals surface area (Å²) in [5.41, 5.74) is 6.69. The number of hydrogen-bond donors (Lipinski definition) is 2. The number of carbonyl (C=O) groups excluding carboxylic acids is 1. The molecule has 1 rings (SSSR count). The fraction of sp³-hybridized carbons (Fsp3) is 0.600. The third-order valence-electron chi connectivity index (χ3n) is 3.41. The molecule has 106 valence electrons. The molecule has 0 aliphatic carbocycles. The zero-order valence-electron chi connectivity index (χ0n) is 12.1. The lowest BCUT2D eigenvalue weighted by Gasteiger charge is -2.19. The van der Waals surface area contributed by atoms with Crippen LogP contribution in [-0.4, -0.2) is 17.4 Å². The number of amides is 1. The molecule has 0 saturated carbocycles. The van der Waals surface area contributed by atoms with E-state index in [9.17, 15) is 4.79 Å². The minimum atomic E-state index is 0.0285. The molecule has 1 aromatic rings. The maximum atomic E-state index is 11.9. The van der Waals surface area contributed by atoms with Gasteiger partial charge in [0.15, 0.2) is 0 Å². The average Bonchev–Trinajstić information content (AvgIpc) is 2.34. The van der Waals surface area contributed by atoms with Gasteiger partial charge in [0.1, 0.15) is 5.82 Å². The molecule has 1 amide bonds. The van der Waals surface area contributed by atoms with Gasteiger partial charge in [0.05, 0.1) is 0 Å². The van der Waals surface area contributed by atoms with Crippen molar-refractivity contribution >= 4 is 11.7 Å². The third kappa shape index (κ3) is 5.83. The van der Waals surface area contributed by atoms with Gasteiger partial charge in [-0.3, -0.25) is 4.79 Å². The Bertz CT molecular complexity index is 404. The SMILES string of the molecule is Cc1ccnc(NC(=O)CCC(CCN)C(C)C)c1. The lowest BCUT2D eigenvalue weighted by Crippen LogP contribution is -2.18. The van der Waals surface area contributed by atoms with Crippen molar-refractivity contribution in [3.63, 3.8) is 0 Å². The van der Waals surface area contributed by atoms with Crippen LogP contribution in [0.25, 0.3) is 0 Å². The lowest BCUT2D eigenvalue weighted by molar-refractivity contribution is -0.116. The Morgan fingerprint density at radius 2 is 2.16 bits per heavy atom. The summed E-state index contributed by atoms with van der Waals surface area (Å²) in [6.07, 6.45) is 4.09. The molecule has 19 heavy (non-hydrogen) atoms. The van der Waals surface area contributed by atoms with Crippen LogP contribution in [0.4, 0.5) is 5.82 Å². The Balaban J connectivity index is 2.42. The maximum Gasteiger partial charge on any atom is 0.225 e. The summed E-state index contributed by atoms with van der Waals surface area (Å²) in [4.78, 5) is 16.0. The second kappa shape index (κ2) is 7.89. The molecule has 0 saturated heterocycles. The molecule has 0 fully saturated rings. The summed E-state index contributed by atoms with van der Waals surface area (Å²) in [6, 6.07) is 3.78. The van der Waals surface area contributed by atoms with Gasteiger partial charge >= 0.3 is 0 Å². The number of anilines is 1. The Kier molecular flexibility index (Phi) is 6.50. The molecule has 0 aliphatic heterocycles. The highest BCUT2D eigenvalue weighted by molar-refractivity contribution is 5.89. The number of aromatic nitrogens is 1. The minimum Gasteiger partial charge on any atom is -0.330 e. The van der Waals surface area contributed by atoms with Gasteiger partial charge in [-0.2, -0.15) is 0 Å². The van der Waals surface area contributed by atoms with E-state index in [1.165, 1.54) is 0 Å². The predicted molar refractivity (Wildman–Crippen MR) is 78.8 cm³/mol. The summed E-state index contributed by atoms with van der Waals surface area (Å²) in [5, 5.41) is 2.84. The fourth-order valence-electron chi connectivity index (χ4n) is 2.15. The number of nitrogens with one attached hydrogen (secondary N) is 1. The van der Waals surface area contributed by atoms with Crippen molar-refractivity contribution in [1.82, 2.24) is 4.98 Å². The van der Waals surface area contributed by atoms with Crippen molar-refractivity contribution in [3.8, 4) is 0 Å². The predicted octanol–water partition coefficient (Wildman–Crippen LogP) is 2.73. The van der Waals surface area contributed by atoms with Gasteiger partial charge in [0.2, 0.25) is 5.91 Å². The van der Waals surface area contributed by atoms with Crippen LogP contribution >= 0.6 is 0 Å². The minimum absolute atomic E-state index is 0.0285. The lowest BCUT2D eigenvalue weighted by atomic mass is 9.88. The summed E-state index contributed by atoms with van der Waals surface area (Å²) in [5.74, 6) is 1.74.